The fourth-order valence-corrected chi connectivity index (χ4v) is 2.22. The van der Waals surface area contributed by atoms with Gasteiger partial charge in [0.15, 0.2) is 0 Å². The van der Waals surface area contributed by atoms with Crippen LogP contribution in [0.25, 0.3) is 0 Å². The third-order valence-electron chi connectivity index (χ3n) is 4.04. The highest BCUT2D eigenvalue weighted by molar-refractivity contribution is 5.88. The standard InChI is InChI=1S/C13H17N3O4/c1-8(2)13(3-4-13)7-15-11-10(16(19)20)5-9(6-14-11)12(17)18/h5-6,8H,3-4,7H2,1-2H3,(H,14,15)(H,17,18). The van der Waals surface area contributed by atoms with Gasteiger partial charge in [0.25, 0.3) is 0 Å². The molecule has 0 unspecified atom stereocenters. The SMILES string of the molecule is CC(C)C1(CNc2ncc(C(=O)O)cc2[N+](=O)[O-])CC1. The van der Waals surface area contributed by atoms with Gasteiger partial charge in [-0.05, 0) is 24.2 Å². The molecule has 1 aromatic rings. The first-order valence-electron chi connectivity index (χ1n) is 6.47. The molecule has 1 fully saturated rings. The fraction of sp³-hybridized carbons (Fsp3) is 0.538. The van der Waals surface area contributed by atoms with Crippen molar-refractivity contribution in [3.8, 4) is 0 Å². The summed E-state index contributed by atoms with van der Waals surface area (Å²) in [4.78, 5) is 25.1. The van der Waals surface area contributed by atoms with Crippen molar-refractivity contribution in [2.24, 2.45) is 11.3 Å². The van der Waals surface area contributed by atoms with Gasteiger partial charge in [0, 0.05) is 18.8 Å². The summed E-state index contributed by atoms with van der Waals surface area (Å²) < 4.78 is 0. The topological polar surface area (TPSA) is 105 Å². The normalized spacial score (nSPS) is 15.9. The van der Waals surface area contributed by atoms with Crippen molar-refractivity contribution in [3.63, 3.8) is 0 Å². The number of aromatic carboxylic acids is 1. The van der Waals surface area contributed by atoms with Gasteiger partial charge in [-0.3, -0.25) is 10.1 Å². The van der Waals surface area contributed by atoms with Crippen LogP contribution in [0.2, 0.25) is 0 Å². The highest BCUT2D eigenvalue weighted by Crippen LogP contribution is 2.51. The molecular formula is C13H17N3O4. The van der Waals surface area contributed by atoms with Gasteiger partial charge in [0.2, 0.25) is 5.82 Å². The number of hydrogen-bond donors (Lipinski definition) is 2. The fourth-order valence-electron chi connectivity index (χ4n) is 2.22. The Kier molecular flexibility index (Phi) is 3.61. The average Bonchev–Trinajstić information content (AvgIpc) is 3.17. The number of carboxylic acid groups (broad SMARTS) is 1. The molecule has 7 heteroatoms. The molecule has 0 radical (unpaired) electrons. The molecule has 0 atom stereocenters. The van der Waals surface area contributed by atoms with Crippen LogP contribution in [0, 0.1) is 21.4 Å². The molecule has 0 aliphatic heterocycles. The molecule has 108 valence electrons. The van der Waals surface area contributed by atoms with Crippen molar-refractivity contribution in [1.29, 1.82) is 0 Å². The maximum Gasteiger partial charge on any atom is 0.337 e. The van der Waals surface area contributed by atoms with Crippen LogP contribution in [0.15, 0.2) is 12.3 Å². The van der Waals surface area contributed by atoms with E-state index in [1.807, 2.05) is 0 Å². The molecule has 0 amide bonds. The second-order valence-corrected chi connectivity index (χ2v) is 5.52. The van der Waals surface area contributed by atoms with Gasteiger partial charge in [-0.1, -0.05) is 13.8 Å². The lowest BCUT2D eigenvalue weighted by Gasteiger charge is -2.20. The van der Waals surface area contributed by atoms with E-state index in [9.17, 15) is 14.9 Å². The van der Waals surface area contributed by atoms with E-state index >= 15 is 0 Å². The minimum absolute atomic E-state index is 0.131. The van der Waals surface area contributed by atoms with Crippen LogP contribution in [0.4, 0.5) is 11.5 Å². The van der Waals surface area contributed by atoms with Crippen LogP contribution in [0.3, 0.4) is 0 Å². The minimum atomic E-state index is -1.23. The van der Waals surface area contributed by atoms with E-state index < -0.39 is 10.9 Å². The van der Waals surface area contributed by atoms with Crippen LogP contribution in [0.1, 0.15) is 37.0 Å². The van der Waals surface area contributed by atoms with E-state index in [-0.39, 0.29) is 22.5 Å². The zero-order chi connectivity index (χ0) is 14.9. The Hall–Kier alpha value is -2.18. The number of rotatable bonds is 6. The quantitative estimate of drug-likeness (QED) is 0.612. The summed E-state index contributed by atoms with van der Waals surface area (Å²) >= 11 is 0. The number of aromatic nitrogens is 1. The van der Waals surface area contributed by atoms with Gasteiger partial charge in [0.05, 0.1) is 10.5 Å². The van der Waals surface area contributed by atoms with E-state index in [4.69, 9.17) is 5.11 Å². The number of pyridine rings is 1. The summed E-state index contributed by atoms with van der Waals surface area (Å²) in [7, 11) is 0. The zero-order valence-corrected chi connectivity index (χ0v) is 11.4. The van der Waals surface area contributed by atoms with Crippen molar-refractivity contribution in [2.45, 2.75) is 26.7 Å². The molecule has 0 saturated heterocycles. The number of carbonyl (C=O) groups is 1. The zero-order valence-electron chi connectivity index (χ0n) is 11.4. The van der Waals surface area contributed by atoms with E-state index in [2.05, 4.69) is 24.1 Å². The van der Waals surface area contributed by atoms with Crippen LogP contribution in [-0.2, 0) is 0 Å². The molecule has 1 aromatic heterocycles. The second kappa shape index (κ2) is 5.07. The van der Waals surface area contributed by atoms with Crippen molar-refractivity contribution >= 4 is 17.5 Å². The van der Waals surface area contributed by atoms with Crippen LogP contribution in [-0.4, -0.2) is 27.5 Å². The Morgan fingerprint density at radius 3 is 2.70 bits per heavy atom. The van der Waals surface area contributed by atoms with Crippen molar-refractivity contribution in [3.05, 3.63) is 27.9 Å². The van der Waals surface area contributed by atoms with E-state index in [1.165, 1.54) is 0 Å². The lowest BCUT2D eigenvalue weighted by Crippen LogP contribution is -2.22. The van der Waals surface area contributed by atoms with Gasteiger partial charge in [-0.25, -0.2) is 9.78 Å². The summed E-state index contributed by atoms with van der Waals surface area (Å²) in [5.74, 6) is -0.604. The smallest absolute Gasteiger partial charge is 0.337 e. The van der Waals surface area contributed by atoms with Crippen molar-refractivity contribution in [2.75, 3.05) is 11.9 Å². The first-order valence-corrected chi connectivity index (χ1v) is 6.47. The molecular weight excluding hydrogens is 262 g/mol. The third kappa shape index (κ3) is 2.71. The van der Waals surface area contributed by atoms with E-state index in [0.29, 0.717) is 12.5 Å². The predicted molar refractivity (Wildman–Crippen MR) is 72.8 cm³/mol. The number of carboxylic acids is 1. The molecule has 20 heavy (non-hydrogen) atoms. The monoisotopic (exact) mass is 279 g/mol. The lowest BCUT2D eigenvalue weighted by atomic mass is 9.92. The first-order chi connectivity index (χ1) is 9.35. The summed E-state index contributed by atoms with van der Waals surface area (Å²) in [6, 6.07) is 1.03. The predicted octanol–water partition coefficient (Wildman–Crippen LogP) is 2.54. The molecule has 1 aliphatic rings. The number of anilines is 1. The first kappa shape index (κ1) is 14.2. The number of nitro groups is 1. The van der Waals surface area contributed by atoms with Gasteiger partial charge >= 0.3 is 11.7 Å². The van der Waals surface area contributed by atoms with Gasteiger partial charge in [-0.2, -0.15) is 0 Å². The Balaban J connectivity index is 2.19. The summed E-state index contributed by atoms with van der Waals surface area (Å²) in [6.45, 7) is 4.87. The Labute approximate surface area is 116 Å². The molecule has 0 bridgehead atoms. The third-order valence-corrected chi connectivity index (χ3v) is 4.04. The largest absolute Gasteiger partial charge is 0.478 e. The number of nitrogens with one attached hydrogen (secondary N) is 1. The molecule has 1 aliphatic carbocycles. The molecule has 0 aromatic carbocycles. The summed E-state index contributed by atoms with van der Waals surface area (Å²) in [5, 5.41) is 22.8. The van der Waals surface area contributed by atoms with Crippen molar-refractivity contribution in [1.82, 2.24) is 4.98 Å². The summed E-state index contributed by atoms with van der Waals surface area (Å²) in [6.07, 6.45) is 3.32. The average molecular weight is 279 g/mol. The van der Waals surface area contributed by atoms with Crippen molar-refractivity contribution < 1.29 is 14.8 Å². The number of hydrogen-bond acceptors (Lipinski definition) is 5. The van der Waals surface area contributed by atoms with Crippen LogP contribution >= 0.6 is 0 Å². The van der Waals surface area contributed by atoms with Crippen LogP contribution < -0.4 is 5.32 Å². The van der Waals surface area contributed by atoms with Gasteiger partial charge in [0.1, 0.15) is 0 Å². The maximum absolute atomic E-state index is 11.0. The van der Waals surface area contributed by atoms with Gasteiger partial charge < -0.3 is 10.4 Å². The summed E-state index contributed by atoms with van der Waals surface area (Å²) in [5.41, 5.74) is -0.308. The second-order valence-electron chi connectivity index (χ2n) is 5.52. The molecule has 1 heterocycles. The van der Waals surface area contributed by atoms with Gasteiger partial charge in [-0.15, -0.1) is 0 Å². The highest BCUT2D eigenvalue weighted by atomic mass is 16.6. The maximum atomic E-state index is 11.0. The molecule has 1 saturated carbocycles. The van der Waals surface area contributed by atoms with E-state index in [0.717, 1.165) is 25.1 Å². The highest BCUT2D eigenvalue weighted by Gasteiger charge is 2.45. The Bertz CT molecular complexity index is 553. The number of nitrogens with zero attached hydrogens (tertiary/aromatic N) is 2. The Morgan fingerprint density at radius 2 is 2.25 bits per heavy atom. The Morgan fingerprint density at radius 1 is 1.60 bits per heavy atom. The molecule has 7 nitrogen and oxygen atoms in total. The van der Waals surface area contributed by atoms with Crippen LogP contribution in [0.5, 0.6) is 0 Å². The van der Waals surface area contributed by atoms with E-state index in [1.54, 1.807) is 0 Å². The molecule has 2 rings (SSSR count). The minimum Gasteiger partial charge on any atom is -0.478 e. The molecule has 0 spiro atoms. The lowest BCUT2D eigenvalue weighted by molar-refractivity contribution is -0.384. The molecule has 2 N–H and O–H groups in total.